The zero-order valence-electron chi connectivity index (χ0n) is 9.98. The third-order valence-corrected chi connectivity index (χ3v) is 1.63. The van der Waals surface area contributed by atoms with Crippen LogP contribution in [0.4, 0.5) is 0 Å². The van der Waals surface area contributed by atoms with Crippen molar-refractivity contribution in [2.75, 3.05) is 13.7 Å². The first-order valence-corrected chi connectivity index (χ1v) is 5.04. The lowest BCUT2D eigenvalue weighted by Crippen LogP contribution is -2.51. The Morgan fingerprint density at radius 1 is 1.31 bits per heavy atom. The summed E-state index contributed by atoms with van der Waals surface area (Å²) >= 11 is 0. The number of carbonyl (C=O) groups is 2. The second-order valence-corrected chi connectivity index (χ2v) is 3.44. The predicted octanol–water partition coefficient (Wildman–Crippen LogP) is 0.226. The summed E-state index contributed by atoms with van der Waals surface area (Å²) in [5, 5.41) is 9.66. The summed E-state index contributed by atoms with van der Waals surface area (Å²) in [4.78, 5) is 22.8. The first-order chi connectivity index (χ1) is 7.38. The van der Waals surface area contributed by atoms with E-state index in [-0.39, 0.29) is 6.61 Å². The van der Waals surface area contributed by atoms with Crippen molar-refractivity contribution < 1.29 is 28.9 Å². The fraction of sp³-hybridized carbons (Fsp3) is 0.800. The van der Waals surface area contributed by atoms with Gasteiger partial charge < -0.3 is 19.3 Å². The van der Waals surface area contributed by atoms with Crippen molar-refractivity contribution in [3.63, 3.8) is 0 Å². The smallest absolute Gasteiger partial charge is 0.379 e. The van der Waals surface area contributed by atoms with Gasteiger partial charge in [-0.15, -0.1) is 0 Å². The van der Waals surface area contributed by atoms with Crippen LogP contribution in [0.25, 0.3) is 0 Å². The van der Waals surface area contributed by atoms with E-state index in [4.69, 9.17) is 4.74 Å². The molecule has 0 saturated carbocycles. The minimum Gasteiger partial charge on any atom is -0.461 e. The number of ether oxygens (including phenoxy) is 3. The Morgan fingerprint density at radius 3 is 2.25 bits per heavy atom. The Hall–Kier alpha value is -1.14. The van der Waals surface area contributed by atoms with E-state index in [9.17, 15) is 14.7 Å². The highest BCUT2D eigenvalue weighted by Crippen LogP contribution is 2.12. The highest BCUT2D eigenvalue weighted by atomic mass is 16.7. The molecule has 0 saturated heterocycles. The zero-order chi connectivity index (χ0) is 12.8. The van der Waals surface area contributed by atoms with Gasteiger partial charge in [0.25, 0.3) is 0 Å². The van der Waals surface area contributed by atoms with Crippen molar-refractivity contribution in [3.8, 4) is 0 Å². The van der Waals surface area contributed by atoms with Crippen LogP contribution >= 0.6 is 0 Å². The van der Waals surface area contributed by atoms with E-state index < -0.39 is 23.8 Å². The summed E-state index contributed by atoms with van der Waals surface area (Å²) in [7, 11) is 1.02. The van der Waals surface area contributed by atoms with Crippen LogP contribution in [0.15, 0.2) is 0 Å². The van der Waals surface area contributed by atoms with E-state index in [1.807, 2.05) is 0 Å². The van der Waals surface area contributed by atoms with Gasteiger partial charge in [0.15, 0.2) is 0 Å². The molecule has 0 aromatic carbocycles. The van der Waals surface area contributed by atoms with Gasteiger partial charge in [-0.05, 0) is 20.3 Å². The predicted molar refractivity (Wildman–Crippen MR) is 54.4 cm³/mol. The average molecular weight is 234 g/mol. The monoisotopic (exact) mass is 234 g/mol. The van der Waals surface area contributed by atoms with Crippen molar-refractivity contribution in [1.29, 1.82) is 0 Å². The van der Waals surface area contributed by atoms with Gasteiger partial charge in [0, 0.05) is 7.11 Å². The first-order valence-electron chi connectivity index (χ1n) is 5.04. The van der Waals surface area contributed by atoms with Gasteiger partial charge in [-0.25, -0.2) is 9.59 Å². The summed E-state index contributed by atoms with van der Waals surface area (Å²) in [5.74, 6) is -5.02. The minimum absolute atomic E-state index is 0.0967. The van der Waals surface area contributed by atoms with E-state index in [1.165, 1.54) is 0 Å². The van der Waals surface area contributed by atoms with Gasteiger partial charge in [-0.3, -0.25) is 0 Å². The van der Waals surface area contributed by atoms with E-state index in [2.05, 4.69) is 9.47 Å². The number of hydrogen-bond donors (Lipinski definition) is 1. The molecule has 0 aliphatic carbocycles. The molecule has 0 aromatic rings. The van der Waals surface area contributed by atoms with Crippen LogP contribution in [0, 0.1) is 0 Å². The lowest BCUT2D eigenvalue weighted by atomic mass is 10.3. The maximum absolute atomic E-state index is 11.4. The second-order valence-electron chi connectivity index (χ2n) is 3.44. The Kier molecular flexibility index (Phi) is 5.98. The average Bonchev–Trinajstić information content (AvgIpc) is 2.23. The fourth-order valence-corrected chi connectivity index (χ4v) is 0.837. The van der Waals surface area contributed by atoms with Crippen LogP contribution in [0.1, 0.15) is 27.2 Å². The van der Waals surface area contributed by atoms with Crippen LogP contribution < -0.4 is 0 Å². The highest BCUT2D eigenvalue weighted by Gasteiger charge is 2.48. The van der Waals surface area contributed by atoms with E-state index in [0.717, 1.165) is 7.11 Å². The van der Waals surface area contributed by atoms with Crippen LogP contribution in [0.2, 0.25) is 0 Å². The summed E-state index contributed by atoms with van der Waals surface area (Å²) in [6.07, 6.45) is 0.109. The highest BCUT2D eigenvalue weighted by molar-refractivity contribution is 6.01. The molecule has 0 bridgehead atoms. The molecule has 0 aliphatic heterocycles. The summed E-state index contributed by atoms with van der Waals surface area (Å²) < 4.78 is 13.8. The number of rotatable bonds is 6. The number of esters is 2. The number of aliphatic hydroxyl groups is 1. The largest absolute Gasteiger partial charge is 0.461 e. The molecule has 94 valence electrons. The zero-order valence-corrected chi connectivity index (χ0v) is 9.98. The van der Waals surface area contributed by atoms with Crippen molar-refractivity contribution >= 4 is 11.9 Å². The standard InChI is InChI=1S/C10H18O6/c1-5-6-15-8(11)10(13,14-4)9(12)16-7(2)3/h7,13H,5-6H2,1-4H3. The van der Waals surface area contributed by atoms with Crippen LogP contribution in [-0.2, 0) is 23.8 Å². The molecular formula is C10H18O6. The molecule has 1 N–H and O–H groups in total. The van der Waals surface area contributed by atoms with Gasteiger partial charge >= 0.3 is 17.7 Å². The lowest BCUT2D eigenvalue weighted by molar-refractivity contribution is -0.233. The Morgan fingerprint density at radius 2 is 1.88 bits per heavy atom. The normalized spacial score (nSPS) is 14.4. The van der Waals surface area contributed by atoms with Gasteiger partial charge in [0.2, 0.25) is 0 Å². The minimum atomic E-state index is -2.68. The molecule has 0 radical (unpaired) electrons. The molecule has 0 aliphatic rings. The van der Waals surface area contributed by atoms with E-state index in [1.54, 1.807) is 20.8 Å². The first kappa shape index (κ1) is 14.9. The molecule has 0 amide bonds. The Bertz CT molecular complexity index is 250. The van der Waals surface area contributed by atoms with Crippen LogP contribution in [0.5, 0.6) is 0 Å². The molecular weight excluding hydrogens is 216 g/mol. The van der Waals surface area contributed by atoms with Gasteiger partial charge in [0.05, 0.1) is 12.7 Å². The molecule has 0 aromatic heterocycles. The van der Waals surface area contributed by atoms with Gasteiger partial charge in [0.1, 0.15) is 0 Å². The molecule has 0 spiro atoms. The fourth-order valence-electron chi connectivity index (χ4n) is 0.837. The molecule has 6 heteroatoms. The third kappa shape index (κ3) is 3.79. The van der Waals surface area contributed by atoms with Crippen molar-refractivity contribution in [2.45, 2.75) is 39.1 Å². The number of hydrogen-bond acceptors (Lipinski definition) is 6. The number of methoxy groups -OCH3 is 1. The summed E-state index contributed by atoms with van der Waals surface area (Å²) in [6, 6.07) is 0. The van der Waals surface area contributed by atoms with Crippen molar-refractivity contribution in [2.24, 2.45) is 0 Å². The maximum atomic E-state index is 11.4. The molecule has 1 unspecified atom stereocenters. The molecule has 0 fully saturated rings. The molecule has 0 heterocycles. The lowest BCUT2D eigenvalue weighted by Gasteiger charge is -2.22. The van der Waals surface area contributed by atoms with E-state index in [0.29, 0.717) is 6.42 Å². The summed E-state index contributed by atoms with van der Waals surface area (Å²) in [5.41, 5.74) is 0. The van der Waals surface area contributed by atoms with Crippen molar-refractivity contribution in [1.82, 2.24) is 0 Å². The SMILES string of the molecule is CCCOC(=O)C(O)(OC)C(=O)OC(C)C. The molecule has 6 nitrogen and oxygen atoms in total. The Labute approximate surface area is 94.5 Å². The topological polar surface area (TPSA) is 82.1 Å². The molecule has 0 rings (SSSR count). The molecule has 1 atom stereocenters. The van der Waals surface area contributed by atoms with Crippen LogP contribution in [-0.4, -0.2) is 42.7 Å². The maximum Gasteiger partial charge on any atom is 0.379 e. The third-order valence-electron chi connectivity index (χ3n) is 1.63. The molecule has 16 heavy (non-hydrogen) atoms. The van der Waals surface area contributed by atoms with Crippen LogP contribution in [0.3, 0.4) is 0 Å². The van der Waals surface area contributed by atoms with Gasteiger partial charge in [-0.2, -0.15) is 0 Å². The quantitative estimate of drug-likeness (QED) is 0.402. The summed E-state index contributed by atoms with van der Waals surface area (Å²) in [6.45, 7) is 5.06. The van der Waals surface area contributed by atoms with E-state index >= 15 is 0 Å². The second kappa shape index (κ2) is 6.44. The van der Waals surface area contributed by atoms with Gasteiger partial charge in [-0.1, -0.05) is 6.92 Å². The Balaban J connectivity index is 4.62. The van der Waals surface area contributed by atoms with Crippen molar-refractivity contribution in [3.05, 3.63) is 0 Å². The number of carbonyl (C=O) groups excluding carboxylic acids is 2.